The Morgan fingerprint density at radius 2 is 1.94 bits per heavy atom. The van der Waals surface area contributed by atoms with Gasteiger partial charge in [0.05, 0.1) is 11.5 Å². The summed E-state index contributed by atoms with van der Waals surface area (Å²) in [7, 11) is 0. The van der Waals surface area contributed by atoms with Crippen LogP contribution in [-0.2, 0) is 0 Å². The van der Waals surface area contributed by atoms with E-state index < -0.39 is 4.92 Å². The third kappa shape index (κ3) is 2.73. The minimum Gasteiger partial charge on any atom is -0.338 e. The molecule has 1 aromatic rings. The van der Waals surface area contributed by atoms with Gasteiger partial charge in [0.1, 0.15) is 12.4 Å². The van der Waals surface area contributed by atoms with Crippen molar-refractivity contribution in [1.29, 1.82) is 0 Å². The van der Waals surface area contributed by atoms with E-state index in [1.165, 1.54) is 12.4 Å². The van der Waals surface area contributed by atoms with Crippen LogP contribution in [-0.4, -0.2) is 52.5 Å². The molecule has 7 heteroatoms. The van der Waals surface area contributed by atoms with Crippen molar-refractivity contribution in [3.8, 4) is 12.3 Å². The number of nitrogens with zero attached hydrogens (tertiary/aromatic N) is 5. The fraction of sp³-hybridized carbons (Fsp3) is 0.455. The van der Waals surface area contributed by atoms with Crippen LogP contribution >= 0.6 is 0 Å². The van der Waals surface area contributed by atoms with Crippen LogP contribution in [0, 0.1) is 22.5 Å². The Labute approximate surface area is 105 Å². The number of rotatable bonds is 3. The van der Waals surface area contributed by atoms with Crippen LogP contribution in [0.4, 0.5) is 11.6 Å². The Hall–Kier alpha value is -2.20. The highest BCUT2D eigenvalue weighted by atomic mass is 16.6. The van der Waals surface area contributed by atoms with E-state index >= 15 is 0 Å². The van der Waals surface area contributed by atoms with Crippen molar-refractivity contribution >= 4 is 11.6 Å². The number of aromatic nitrogens is 2. The highest BCUT2D eigenvalue weighted by molar-refractivity contribution is 5.34. The standard InChI is InChI=1S/C11H13N5O2/c1-2-3-14-4-6-15(7-5-14)11-12-8-10(9-13-11)16(17)18/h1,8-9H,3-7H2. The number of nitro groups is 1. The molecule has 0 radical (unpaired) electrons. The number of hydrogen-bond donors (Lipinski definition) is 0. The van der Waals surface area contributed by atoms with Gasteiger partial charge in [-0.15, -0.1) is 6.42 Å². The number of terminal acetylenes is 1. The molecular weight excluding hydrogens is 234 g/mol. The second-order valence-electron chi connectivity index (χ2n) is 3.97. The molecule has 1 aromatic heterocycles. The van der Waals surface area contributed by atoms with Crippen molar-refractivity contribution in [1.82, 2.24) is 14.9 Å². The Morgan fingerprint density at radius 3 is 2.44 bits per heavy atom. The third-order valence-corrected chi connectivity index (χ3v) is 2.81. The Kier molecular flexibility index (Phi) is 3.69. The van der Waals surface area contributed by atoms with E-state index in [1.54, 1.807) is 0 Å². The van der Waals surface area contributed by atoms with Gasteiger partial charge in [-0.25, -0.2) is 9.97 Å². The average Bonchev–Trinajstić information content (AvgIpc) is 2.40. The smallest absolute Gasteiger partial charge is 0.305 e. The minimum atomic E-state index is -0.505. The summed E-state index contributed by atoms with van der Waals surface area (Å²) in [5, 5.41) is 10.5. The molecule has 0 N–H and O–H groups in total. The lowest BCUT2D eigenvalue weighted by molar-refractivity contribution is -0.385. The number of anilines is 1. The van der Waals surface area contributed by atoms with Crippen molar-refractivity contribution in [2.75, 3.05) is 37.6 Å². The summed E-state index contributed by atoms with van der Waals surface area (Å²) in [6, 6.07) is 0. The van der Waals surface area contributed by atoms with Gasteiger partial charge in [0, 0.05) is 26.2 Å². The van der Waals surface area contributed by atoms with Crippen molar-refractivity contribution in [2.45, 2.75) is 0 Å². The number of piperazine rings is 1. The highest BCUT2D eigenvalue weighted by Crippen LogP contribution is 2.13. The first-order valence-corrected chi connectivity index (χ1v) is 5.58. The molecule has 0 unspecified atom stereocenters. The van der Waals surface area contributed by atoms with Crippen LogP contribution in [0.5, 0.6) is 0 Å². The summed E-state index contributed by atoms with van der Waals surface area (Å²) < 4.78 is 0. The van der Waals surface area contributed by atoms with Crippen LogP contribution in [0.25, 0.3) is 0 Å². The maximum atomic E-state index is 10.5. The summed E-state index contributed by atoms with van der Waals surface area (Å²) in [6.45, 7) is 3.91. The van der Waals surface area contributed by atoms with Crippen molar-refractivity contribution in [3.05, 3.63) is 22.5 Å². The summed E-state index contributed by atoms with van der Waals surface area (Å²) in [5.41, 5.74) is -0.0929. The maximum absolute atomic E-state index is 10.5. The van der Waals surface area contributed by atoms with E-state index in [1.807, 2.05) is 4.90 Å². The lowest BCUT2D eigenvalue weighted by atomic mass is 10.3. The zero-order valence-corrected chi connectivity index (χ0v) is 9.82. The second kappa shape index (κ2) is 5.42. The van der Waals surface area contributed by atoms with Crippen LogP contribution in [0.1, 0.15) is 0 Å². The van der Waals surface area contributed by atoms with Gasteiger partial charge in [0.2, 0.25) is 5.95 Å². The molecular formula is C11H13N5O2. The molecule has 0 atom stereocenters. The van der Waals surface area contributed by atoms with Gasteiger partial charge in [-0.05, 0) is 0 Å². The molecule has 7 nitrogen and oxygen atoms in total. The Balaban J connectivity index is 1.97. The van der Waals surface area contributed by atoms with E-state index in [-0.39, 0.29) is 5.69 Å². The fourth-order valence-electron chi connectivity index (χ4n) is 1.81. The first kappa shape index (κ1) is 12.3. The van der Waals surface area contributed by atoms with Gasteiger partial charge in [0.25, 0.3) is 0 Å². The molecule has 1 aliphatic heterocycles. The normalized spacial score (nSPS) is 16.3. The molecule has 0 aliphatic carbocycles. The topological polar surface area (TPSA) is 75.4 Å². The summed E-state index contributed by atoms with van der Waals surface area (Å²) in [6.07, 6.45) is 7.72. The van der Waals surface area contributed by atoms with Crippen LogP contribution in [0.15, 0.2) is 12.4 Å². The van der Waals surface area contributed by atoms with Gasteiger partial charge in [-0.2, -0.15) is 0 Å². The molecule has 94 valence electrons. The van der Waals surface area contributed by atoms with E-state index in [4.69, 9.17) is 6.42 Å². The molecule has 0 aromatic carbocycles. The maximum Gasteiger partial charge on any atom is 0.305 e. The van der Waals surface area contributed by atoms with Crippen LogP contribution in [0.3, 0.4) is 0 Å². The summed E-state index contributed by atoms with van der Waals surface area (Å²) in [5.74, 6) is 3.14. The predicted molar refractivity (Wildman–Crippen MR) is 66.2 cm³/mol. The molecule has 1 fully saturated rings. The van der Waals surface area contributed by atoms with E-state index in [0.29, 0.717) is 12.5 Å². The monoisotopic (exact) mass is 247 g/mol. The van der Waals surface area contributed by atoms with E-state index in [2.05, 4.69) is 20.8 Å². The van der Waals surface area contributed by atoms with E-state index in [0.717, 1.165) is 26.2 Å². The van der Waals surface area contributed by atoms with Crippen LogP contribution < -0.4 is 4.90 Å². The van der Waals surface area contributed by atoms with Crippen molar-refractivity contribution in [2.24, 2.45) is 0 Å². The molecule has 18 heavy (non-hydrogen) atoms. The molecule has 0 amide bonds. The Bertz CT molecular complexity index is 459. The molecule has 2 rings (SSSR count). The van der Waals surface area contributed by atoms with Crippen molar-refractivity contribution in [3.63, 3.8) is 0 Å². The first-order valence-electron chi connectivity index (χ1n) is 5.58. The molecule has 1 aliphatic rings. The lowest BCUT2D eigenvalue weighted by Crippen LogP contribution is -2.47. The summed E-state index contributed by atoms with van der Waals surface area (Å²) >= 11 is 0. The largest absolute Gasteiger partial charge is 0.338 e. The van der Waals surface area contributed by atoms with Gasteiger partial charge in [-0.1, -0.05) is 5.92 Å². The molecule has 0 bridgehead atoms. The SMILES string of the molecule is C#CCN1CCN(c2ncc([N+](=O)[O-])cn2)CC1. The first-order chi connectivity index (χ1) is 8.70. The average molecular weight is 247 g/mol. The Morgan fingerprint density at radius 1 is 1.33 bits per heavy atom. The fourth-order valence-corrected chi connectivity index (χ4v) is 1.81. The molecule has 0 spiro atoms. The molecule has 1 saturated heterocycles. The molecule has 0 saturated carbocycles. The predicted octanol–water partition coefficient (Wildman–Crippen LogP) is 0.140. The van der Waals surface area contributed by atoms with Gasteiger partial charge in [0.15, 0.2) is 0 Å². The lowest BCUT2D eigenvalue weighted by Gasteiger charge is -2.33. The van der Waals surface area contributed by atoms with Gasteiger partial charge >= 0.3 is 5.69 Å². The highest BCUT2D eigenvalue weighted by Gasteiger charge is 2.18. The van der Waals surface area contributed by atoms with Crippen LogP contribution in [0.2, 0.25) is 0 Å². The third-order valence-electron chi connectivity index (χ3n) is 2.81. The second-order valence-corrected chi connectivity index (χ2v) is 3.97. The zero-order chi connectivity index (χ0) is 13.0. The van der Waals surface area contributed by atoms with Gasteiger partial charge < -0.3 is 4.90 Å². The quantitative estimate of drug-likeness (QED) is 0.429. The van der Waals surface area contributed by atoms with Gasteiger partial charge in [-0.3, -0.25) is 15.0 Å². The van der Waals surface area contributed by atoms with Crippen molar-refractivity contribution < 1.29 is 4.92 Å². The summed E-state index contributed by atoms with van der Waals surface area (Å²) in [4.78, 5) is 22.2. The van der Waals surface area contributed by atoms with E-state index in [9.17, 15) is 10.1 Å². The zero-order valence-electron chi connectivity index (χ0n) is 9.82. The number of hydrogen-bond acceptors (Lipinski definition) is 6. The minimum absolute atomic E-state index is 0.0929. The molecule has 2 heterocycles.